The van der Waals surface area contributed by atoms with E-state index in [1.54, 1.807) is 0 Å². The van der Waals surface area contributed by atoms with E-state index < -0.39 is 8.32 Å². The van der Waals surface area contributed by atoms with Gasteiger partial charge in [0.25, 0.3) is 8.32 Å². The van der Waals surface area contributed by atoms with Crippen LogP contribution in [0.3, 0.4) is 0 Å². The van der Waals surface area contributed by atoms with Crippen LogP contribution in [0, 0.1) is 0 Å². The molecule has 1 fully saturated rings. The Bertz CT molecular complexity index is 347. The van der Waals surface area contributed by atoms with Crippen molar-refractivity contribution in [3.8, 4) is 0 Å². The first kappa shape index (κ1) is 16.7. The lowest BCUT2D eigenvalue weighted by atomic mass is 9.81. The van der Waals surface area contributed by atoms with E-state index in [-0.39, 0.29) is 16.1 Å². The highest BCUT2D eigenvalue weighted by atomic mass is 28.4. The number of oxime groups is 1. The Balaban J connectivity index is 2.83. The van der Waals surface area contributed by atoms with Gasteiger partial charge in [0.1, 0.15) is 0 Å². The van der Waals surface area contributed by atoms with Gasteiger partial charge in [-0.2, -0.15) is 0 Å². The molecular weight excluding hydrogens is 252 g/mol. The van der Waals surface area contributed by atoms with Gasteiger partial charge in [-0.3, -0.25) is 0 Å². The lowest BCUT2D eigenvalue weighted by Gasteiger charge is -2.43. The summed E-state index contributed by atoms with van der Waals surface area (Å²) < 4.78 is 6.02. The Kier molecular flexibility index (Phi) is 4.29. The van der Waals surface area contributed by atoms with Gasteiger partial charge >= 0.3 is 0 Å². The summed E-state index contributed by atoms with van der Waals surface area (Å²) in [6.45, 7) is 20.2. The monoisotopic (exact) mass is 284 g/mol. The molecule has 1 heterocycles. The minimum Gasteiger partial charge on any atom is -0.455 e. The highest BCUT2D eigenvalue weighted by Gasteiger charge is 2.41. The molecule has 1 rings (SSSR count). The number of hydrogen-bond acceptors (Lipinski definition) is 3. The van der Waals surface area contributed by atoms with Gasteiger partial charge in [-0.1, -0.05) is 20.8 Å². The lowest BCUT2D eigenvalue weighted by molar-refractivity contribution is 0.239. The summed E-state index contributed by atoms with van der Waals surface area (Å²) >= 11 is 0. The molecule has 0 aromatic rings. The standard InChI is InChI=1S/C15H32N2OSi/c1-13(2,3)19(8,9)18-16-12-10-14(4,5)17-15(6,7)11-12/h17H,10-11H2,1-9H3. The molecule has 19 heavy (non-hydrogen) atoms. The van der Waals surface area contributed by atoms with Crippen molar-refractivity contribution in [2.45, 2.75) is 90.5 Å². The molecule has 1 aliphatic heterocycles. The highest BCUT2D eigenvalue weighted by molar-refractivity contribution is 6.74. The molecule has 0 aromatic carbocycles. The normalized spacial score (nSPS) is 23.1. The fourth-order valence-electron chi connectivity index (χ4n) is 2.47. The van der Waals surface area contributed by atoms with E-state index in [0.29, 0.717) is 0 Å². The molecule has 1 N–H and O–H groups in total. The second-order valence-corrected chi connectivity index (χ2v) is 13.5. The molecule has 0 saturated carbocycles. The Hall–Kier alpha value is -0.353. The van der Waals surface area contributed by atoms with Crippen LogP contribution >= 0.6 is 0 Å². The first-order valence-corrected chi connectivity index (χ1v) is 10.2. The van der Waals surface area contributed by atoms with Gasteiger partial charge in [-0.25, -0.2) is 0 Å². The first-order valence-electron chi connectivity index (χ1n) is 7.27. The number of piperidine rings is 1. The molecule has 1 aliphatic rings. The Morgan fingerprint density at radius 1 is 1.05 bits per heavy atom. The van der Waals surface area contributed by atoms with Crippen molar-refractivity contribution < 1.29 is 4.53 Å². The van der Waals surface area contributed by atoms with E-state index in [9.17, 15) is 0 Å². The molecule has 0 atom stereocenters. The van der Waals surface area contributed by atoms with Gasteiger partial charge in [0.05, 0.1) is 5.71 Å². The van der Waals surface area contributed by atoms with Crippen LogP contribution in [0.25, 0.3) is 0 Å². The molecule has 0 bridgehead atoms. The van der Waals surface area contributed by atoms with Gasteiger partial charge in [-0.15, -0.1) is 5.16 Å². The van der Waals surface area contributed by atoms with Crippen LogP contribution in [-0.4, -0.2) is 25.1 Å². The zero-order valence-electron chi connectivity index (χ0n) is 14.3. The van der Waals surface area contributed by atoms with Crippen molar-refractivity contribution in [2.24, 2.45) is 5.16 Å². The van der Waals surface area contributed by atoms with E-state index in [1.807, 2.05) is 0 Å². The Morgan fingerprint density at radius 3 is 1.84 bits per heavy atom. The van der Waals surface area contributed by atoms with Crippen molar-refractivity contribution >= 4 is 14.0 Å². The van der Waals surface area contributed by atoms with Gasteiger partial charge in [0, 0.05) is 23.9 Å². The van der Waals surface area contributed by atoms with Crippen molar-refractivity contribution in [3.05, 3.63) is 0 Å². The van der Waals surface area contributed by atoms with Gasteiger partial charge < -0.3 is 9.84 Å². The van der Waals surface area contributed by atoms with Crippen LogP contribution in [0.15, 0.2) is 5.16 Å². The molecular formula is C15H32N2OSi. The predicted octanol–water partition coefficient (Wildman–Crippen LogP) is 4.30. The quantitative estimate of drug-likeness (QED) is 0.606. The third-order valence-electron chi connectivity index (χ3n) is 4.18. The Labute approximate surface area is 120 Å². The zero-order valence-corrected chi connectivity index (χ0v) is 15.3. The molecule has 112 valence electrons. The van der Waals surface area contributed by atoms with Crippen LogP contribution in [0.2, 0.25) is 18.1 Å². The maximum absolute atomic E-state index is 6.02. The van der Waals surface area contributed by atoms with Gasteiger partial charge in [-0.05, 0) is 45.8 Å². The fraction of sp³-hybridized carbons (Fsp3) is 0.933. The smallest absolute Gasteiger partial charge is 0.286 e. The summed E-state index contributed by atoms with van der Waals surface area (Å²) in [6, 6.07) is 0. The molecule has 0 aromatic heterocycles. The summed E-state index contributed by atoms with van der Waals surface area (Å²) in [5, 5.41) is 8.42. The second-order valence-electron chi connectivity index (χ2n) is 8.76. The van der Waals surface area contributed by atoms with E-state index in [4.69, 9.17) is 4.53 Å². The fourth-order valence-corrected chi connectivity index (χ4v) is 3.10. The van der Waals surface area contributed by atoms with E-state index in [1.165, 1.54) is 5.71 Å². The number of nitrogens with one attached hydrogen (secondary N) is 1. The molecule has 0 spiro atoms. The predicted molar refractivity (Wildman–Crippen MR) is 86.2 cm³/mol. The molecule has 3 nitrogen and oxygen atoms in total. The topological polar surface area (TPSA) is 33.6 Å². The molecule has 0 aliphatic carbocycles. The van der Waals surface area contributed by atoms with E-state index in [2.05, 4.69) is 72.0 Å². The minimum absolute atomic E-state index is 0.0946. The number of hydrogen-bond donors (Lipinski definition) is 1. The minimum atomic E-state index is -1.79. The maximum atomic E-state index is 6.02. The molecule has 0 amide bonds. The van der Waals surface area contributed by atoms with E-state index in [0.717, 1.165) is 12.8 Å². The summed E-state index contributed by atoms with van der Waals surface area (Å²) in [5.41, 5.74) is 1.38. The molecule has 4 heteroatoms. The van der Waals surface area contributed by atoms with Crippen LogP contribution < -0.4 is 5.32 Å². The second kappa shape index (κ2) is 4.88. The van der Waals surface area contributed by atoms with Crippen molar-refractivity contribution in [3.63, 3.8) is 0 Å². The SMILES string of the molecule is CC1(C)CC(=NO[Si](C)(C)C(C)(C)C)CC(C)(C)N1. The third-order valence-corrected chi connectivity index (χ3v) is 8.34. The average molecular weight is 285 g/mol. The lowest BCUT2D eigenvalue weighted by Crippen LogP contribution is -2.58. The summed E-state index contributed by atoms with van der Waals surface area (Å²) in [6.07, 6.45) is 1.93. The van der Waals surface area contributed by atoms with Crippen LogP contribution in [0.1, 0.15) is 61.3 Å². The third kappa shape index (κ3) is 4.60. The van der Waals surface area contributed by atoms with Crippen LogP contribution in [-0.2, 0) is 4.53 Å². The van der Waals surface area contributed by atoms with Crippen LogP contribution in [0.5, 0.6) is 0 Å². The highest BCUT2D eigenvalue weighted by Crippen LogP contribution is 2.37. The molecule has 0 radical (unpaired) electrons. The molecule has 1 saturated heterocycles. The largest absolute Gasteiger partial charge is 0.455 e. The van der Waals surface area contributed by atoms with Gasteiger partial charge in [0.2, 0.25) is 0 Å². The average Bonchev–Trinajstić information content (AvgIpc) is 2.07. The molecule has 0 unspecified atom stereocenters. The first-order chi connectivity index (χ1) is 8.24. The van der Waals surface area contributed by atoms with Crippen molar-refractivity contribution in [2.75, 3.05) is 0 Å². The van der Waals surface area contributed by atoms with Crippen molar-refractivity contribution in [1.29, 1.82) is 0 Å². The summed E-state index contributed by atoms with van der Waals surface area (Å²) in [7, 11) is -1.79. The maximum Gasteiger partial charge on any atom is 0.286 e. The zero-order chi connectivity index (χ0) is 15.1. The number of rotatable bonds is 2. The Morgan fingerprint density at radius 2 is 1.47 bits per heavy atom. The van der Waals surface area contributed by atoms with Crippen LogP contribution in [0.4, 0.5) is 0 Å². The van der Waals surface area contributed by atoms with Crippen molar-refractivity contribution in [1.82, 2.24) is 5.32 Å². The summed E-state index contributed by atoms with van der Waals surface area (Å²) in [4.78, 5) is 0. The van der Waals surface area contributed by atoms with Gasteiger partial charge in [0.15, 0.2) is 0 Å². The van der Waals surface area contributed by atoms with E-state index >= 15 is 0 Å². The summed E-state index contributed by atoms with van der Waals surface area (Å²) in [5.74, 6) is 0. The number of nitrogens with zero attached hydrogens (tertiary/aromatic N) is 1.